The average Bonchev–Trinajstić information content (AvgIpc) is 2.62. The second-order valence-electron chi connectivity index (χ2n) is 4.62. The first-order valence-corrected chi connectivity index (χ1v) is 6.83. The van der Waals surface area contributed by atoms with E-state index in [9.17, 15) is 0 Å². The molecule has 0 aromatic heterocycles. The number of hydrogen-bond donors (Lipinski definition) is 0. The molecule has 1 aliphatic carbocycles. The zero-order valence-corrected chi connectivity index (χ0v) is 12.1. The topological polar surface area (TPSA) is 0 Å². The summed E-state index contributed by atoms with van der Waals surface area (Å²) in [6, 6.07) is 11.4. The van der Waals surface area contributed by atoms with E-state index in [1.165, 1.54) is 52.5 Å². The van der Waals surface area contributed by atoms with Crippen LogP contribution in [0.1, 0.15) is 22.3 Å². The Morgan fingerprint density at radius 3 is 2.56 bits per heavy atom. The molecule has 0 nitrogen and oxygen atoms in total. The van der Waals surface area contributed by atoms with Gasteiger partial charge in [0.2, 0.25) is 0 Å². The van der Waals surface area contributed by atoms with Gasteiger partial charge in [-0.3, -0.25) is 0 Å². The van der Waals surface area contributed by atoms with Crippen molar-refractivity contribution < 1.29 is 24.7 Å². The van der Waals surface area contributed by atoms with Crippen molar-refractivity contribution in [3.05, 3.63) is 52.6 Å². The molecule has 0 amide bonds. The third-order valence-corrected chi connectivity index (χ3v) is 5.15. The Hall–Kier alpha value is -0.677. The number of aryl methyl sites for hydroxylation is 2. The van der Waals surface area contributed by atoms with Crippen LogP contribution in [0.2, 0.25) is 0 Å². The van der Waals surface area contributed by atoms with Crippen LogP contribution in [-0.4, -0.2) is 0 Å². The van der Waals surface area contributed by atoms with E-state index >= 15 is 0 Å². The molecule has 2 aromatic carbocycles. The minimum atomic E-state index is 1.13. The van der Waals surface area contributed by atoms with E-state index in [2.05, 4.69) is 44.2 Å². The van der Waals surface area contributed by atoms with Crippen LogP contribution in [0.5, 0.6) is 0 Å². The van der Waals surface area contributed by atoms with E-state index in [0.717, 1.165) is 6.42 Å². The summed E-state index contributed by atoms with van der Waals surface area (Å²) in [4.78, 5) is 0. The molecule has 0 heterocycles. The van der Waals surface area contributed by atoms with E-state index in [0.29, 0.717) is 0 Å². The molecule has 0 spiro atoms. The van der Waals surface area contributed by atoms with Gasteiger partial charge in [0, 0.05) is 0 Å². The number of rotatable bonds is 0. The second-order valence-corrected chi connectivity index (χ2v) is 5.85. The summed E-state index contributed by atoms with van der Waals surface area (Å²) in [6.45, 7) is 4.39. The standard InChI is InChI=1S/C15H13.Zr/c1-10-3-5-14-12(7-10)9-13-8-11(2)4-6-15(13)14;/h3-7H,9H2,1-2H3;. The Kier molecular flexibility index (Phi) is 2.40. The fourth-order valence-electron chi connectivity index (χ4n) is 2.52. The predicted molar refractivity (Wildman–Crippen MR) is 63.8 cm³/mol. The van der Waals surface area contributed by atoms with Crippen LogP contribution >= 0.6 is 0 Å². The van der Waals surface area contributed by atoms with Gasteiger partial charge in [-0.25, -0.2) is 0 Å². The van der Waals surface area contributed by atoms with Gasteiger partial charge in [-0.05, 0) is 0 Å². The van der Waals surface area contributed by atoms with Gasteiger partial charge in [0.15, 0.2) is 0 Å². The fraction of sp³-hybridized carbons (Fsp3) is 0.200. The van der Waals surface area contributed by atoms with Gasteiger partial charge in [0.25, 0.3) is 0 Å². The van der Waals surface area contributed by atoms with Crippen molar-refractivity contribution in [1.82, 2.24) is 0 Å². The molecule has 0 radical (unpaired) electrons. The minimum absolute atomic E-state index is 1.13. The van der Waals surface area contributed by atoms with Crippen LogP contribution in [0.3, 0.4) is 0 Å². The van der Waals surface area contributed by atoms with Gasteiger partial charge in [-0.2, -0.15) is 0 Å². The first-order chi connectivity index (χ1) is 7.66. The van der Waals surface area contributed by atoms with Crippen LogP contribution in [0.4, 0.5) is 0 Å². The molecule has 3 rings (SSSR count). The Labute approximate surface area is 112 Å². The van der Waals surface area contributed by atoms with Crippen molar-refractivity contribution in [2.75, 3.05) is 0 Å². The number of hydrogen-bond acceptors (Lipinski definition) is 0. The third-order valence-electron chi connectivity index (χ3n) is 3.44. The van der Waals surface area contributed by atoms with Gasteiger partial charge < -0.3 is 0 Å². The van der Waals surface area contributed by atoms with Crippen LogP contribution in [-0.2, 0) is 31.1 Å². The maximum atomic E-state index is 2.33. The molecule has 0 aliphatic heterocycles. The summed E-state index contributed by atoms with van der Waals surface area (Å²) < 4.78 is 1.55. The van der Waals surface area contributed by atoms with Crippen LogP contribution in [0, 0.1) is 13.8 Å². The summed E-state index contributed by atoms with van der Waals surface area (Å²) >= 11 is 1.54. The van der Waals surface area contributed by atoms with Crippen LogP contribution in [0.15, 0.2) is 30.3 Å². The molecule has 1 aliphatic rings. The average molecular weight is 284 g/mol. The SMILES string of the molecule is Cc1ccc2c(c1)Cc1c-2ccc(C)[c]1[Zr]. The number of benzene rings is 2. The first kappa shape index (κ1) is 10.5. The molecule has 0 bridgehead atoms. The molecule has 0 unspecified atom stereocenters. The molecule has 0 saturated heterocycles. The molecule has 16 heavy (non-hydrogen) atoms. The van der Waals surface area contributed by atoms with E-state index < -0.39 is 0 Å². The van der Waals surface area contributed by atoms with Crippen molar-refractivity contribution in [3.8, 4) is 11.1 Å². The van der Waals surface area contributed by atoms with Gasteiger partial charge in [0.1, 0.15) is 0 Å². The van der Waals surface area contributed by atoms with Gasteiger partial charge in [-0.15, -0.1) is 0 Å². The molecule has 1 heteroatoms. The number of fused-ring (bicyclic) bond motifs is 3. The summed E-state index contributed by atoms with van der Waals surface area (Å²) in [5.41, 5.74) is 8.80. The van der Waals surface area contributed by atoms with Crippen LogP contribution < -0.4 is 3.27 Å². The van der Waals surface area contributed by atoms with Crippen molar-refractivity contribution in [1.29, 1.82) is 0 Å². The van der Waals surface area contributed by atoms with Gasteiger partial charge in [-0.1, -0.05) is 0 Å². The van der Waals surface area contributed by atoms with Crippen molar-refractivity contribution >= 4 is 3.27 Å². The Bertz CT molecular complexity index is 582. The predicted octanol–water partition coefficient (Wildman–Crippen LogP) is 3.05. The second kappa shape index (κ2) is 3.67. The summed E-state index contributed by atoms with van der Waals surface area (Å²) in [7, 11) is 0. The molecule has 2 aromatic rings. The van der Waals surface area contributed by atoms with Crippen molar-refractivity contribution in [2.45, 2.75) is 20.3 Å². The summed E-state index contributed by atoms with van der Waals surface area (Å²) in [5, 5.41) is 0. The van der Waals surface area contributed by atoms with E-state index in [4.69, 9.17) is 0 Å². The van der Waals surface area contributed by atoms with E-state index in [-0.39, 0.29) is 0 Å². The monoisotopic (exact) mass is 283 g/mol. The molecule has 0 N–H and O–H groups in total. The molecular weight excluding hydrogens is 271 g/mol. The Balaban J connectivity index is 2.27. The molecule has 0 saturated carbocycles. The fourth-order valence-corrected chi connectivity index (χ4v) is 3.28. The quantitative estimate of drug-likeness (QED) is 0.595. The van der Waals surface area contributed by atoms with Crippen molar-refractivity contribution in [3.63, 3.8) is 0 Å². The van der Waals surface area contributed by atoms with Crippen LogP contribution in [0.25, 0.3) is 11.1 Å². The van der Waals surface area contributed by atoms with E-state index in [1.807, 2.05) is 0 Å². The third kappa shape index (κ3) is 1.45. The molecule has 0 atom stereocenters. The normalized spacial score (nSPS) is 12.3. The van der Waals surface area contributed by atoms with E-state index in [1.54, 1.807) is 8.83 Å². The first-order valence-electron chi connectivity index (χ1n) is 5.61. The zero-order valence-electron chi connectivity index (χ0n) is 9.59. The molecular formula is C15H13Zr. The molecule has 0 fully saturated rings. The Morgan fingerprint density at radius 2 is 1.75 bits per heavy atom. The van der Waals surface area contributed by atoms with Crippen molar-refractivity contribution in [2.24, 2.45) is 0 Å². The summed E-state index contributed by atoms with van der Waals surface area (Å²) in [6.07, 6.45) is 1.13. The molecule has 77 valence electrons. The Morgan fingerprint density at radius 1 is 1.00 bits per heavy atom. The zero-order chi connectivity index (χ0) is 11.3. The van der Waals surface area contributed by atoms with Gasteiger partial charge >= 0.3 is 112 Å². The van der Waals surface area contributed by atoms with Gasteiger partial charge in [0.05, 0.1) is 0 Å². The summed E-state index contributed by atoms with van der Waals surface area (Å²) in [5.74, 6) is 0. The maximum absolute atomic E-state index is 2.33.